The van der Waals surface area contributed by atoms with Gasteiger partial charge in [-0.3, -0.25) is 9.89 Å². The number of nitrogens with zero attached hydrogens (tertiary/aromatic N) is 2. The van der Waals surface area contributed by atoms with Gasteiger partial charge < -0.3 is 10.5 Å². The summed E-state index contributed by atoms with van der Waals surface area (Å²) in [7, 11) is 1.72. The predicted molar refractivity (Wildman–Crippen MR) is 96.7 cm³/mol. The molecule has 0 unspecified atom stereocenters. The van der Waals surface area contributed by atoms with E-state index in [2.05, 4.69) is 25.8 Å². The van der Waals surface area contributed by atoms with Gasteiger partial charge in [-0.1, -0.05) is 6.42 Å². The van der Waals surface area contributed by atoms with Gasteiger partial charge in [-0.2, -0.15) is 0 Å². The Morgan fingerprint density at radius 3 is 2.59 bits per heavy atom. The molecule has 0 amide bonds. The zero-order valence-electron chi connectivity index (χ0n) is 13.1. The molecule has 0 spiro atoms. The van der Waals surface area contributed by atoms with Crippen LogP contribution in [0.1, 0.15) is 24.8 Å². The minimum absolute atomic E-state index is 0.672. The maximum absolute atomic E-state index is 6.07. The van der Waals surface area contributed by atoms with Gasteiger partial charge >= 0.3 is 0 Å². The highest BCUT2D eigenvalue weighted by molar-refractivity contribution is 9.12. The van der Waals surface area contributed by atoms with E-state index in [4.69, 9.17) is 10.5 Å². The molecule has 2 rings (SSSR count). The summed E-state index contributed by atoms with van der Waals surface area (Å²) in [4.78, 5) is 6.42. The molecule has 120 valence electrons. The van der Waals surface area contributed by atoms with Crippen molar-refractivity contribution in [3.8, 4) is 5.75 Å². The highest BCUT2D eigenvalue weighted by Crippen LogP contribution is 2.20. The van der Waals surface area contributed by atoms with Crippen molar-refractivity contribution < 1.29 is 4.74 Å². The van der Waals surface area contributed by atoms with Crippen LogP contribution < -0.4 is 10.5 Å². The zero-order valence-corrected chi connectivity index (χ0v) is 14.7. The first-order valence-corrected chi connectivity index (χ1v) is 8.53. The molecule has 4 nitrogen and oxygen atoms in total. The average Bonchev–Trinajstić information content (AvgIpc) is 2.56. The number of benzene rings is 1. The van der Waals surface area contributed by atoms with Crippen molar-refractivity contribution in [2.45, 2.75) is 19.3 Å². The molecular weight excluding hydrogens is 342 g/mol. The SMILES string of the molecule is CN=CC(Br)=C(N)c1ccc(OCCN2CCCCC2)cc1. The second-order valence-corrected chi connectivity index (χ2v) is 6.28. The van der Waals surface area contributed by atoms with Crippen LogP contribution in [0.4, 0.5) is 0 Å². The van der Waals surface area contributed by atoms with E-state index in [1.54, 1.807) is 13.3 Å². The monoisotopic (exact) mass is 365 g/mol. The standard InChI is InChI=1S/C17H24BrN3O/c1-20-13-16(18)17(19)14-5-7-15(8-6-14)22-12-11-21-9-3-2-4-10-21/h5-8,13H,2-4,9-12,19H2,1H3. The molecule has 0 atom stereocenters. The molecule has 0 bridgehead atoms. The predicted octanol–water partition coefficient (Wildman–Crippen LogP) is 3.27. The van der Waals surface area contributed by atoms with Crippen molar-refractivity contribution in [1.29, 1.82) is 0 Å². The van der Waals surface area contributed by atoms with Crippen molar-refractivity contribution >= 4 is 27.8 Å². The maximum atomic E-state index is 6.07. The smallest absolute Gasteiger partial charge is 0.119 e. The number of hydrogen-bond acceptors (Lipinski definition) is 4. The van der Waals surface area contributed by atoms with E-state index in [9.17, 15) is 0 Å². The molecule has 1 fully saturated rings. The summed E-state index contributed by atoms with van der Waals surface area (Å²) in [5.41, 5.74) is 7.69. The number of ether oxygens (including phenoxy) is 1. The van der Waals surface area contributed by atoms with Crippen LogP contribution in [0, 0.1) is 0 Å². The summed E-state index contributed by atoms with van der Waals surface area (Å²) in [6.45, 7) is 4.15. The highest BCUT2D eigenvalue weighted by Gasteiger charge is 2.09. The largest absolute Gasteiger partial charge is 0.492 e. The van der Waals surface area contributed by atoms with Crippen LogP contribution in [0.5, 0.6) is 5.75 Å². The quantitative estimate of drug-likeness (QED) is 0.787. The fourth-order valence-electron chi connectivity index (χ4n) is 2.53. The molecule has 2 N–H and O–H groups in total. The molecule has 0 aromatic heterocycles. The van der Waals surface area contributed by atoms with Gasteiger partial charge in [0.05, 0.1) is 10.2 Å². The van der Waals surface area contributed by atoms with Gasteiger partial charge in [-0.15, -0.1) is 0 Å². The van der Waals surface area contributed by atoms with Crippen molar-refractivity contribution in [1.82, 2.24) is 4.90 Å². The molecule has 1 aliphatic rings. The summed E-state index contributed by atoms with van der Waals surface area (Å²) >= 11 is 3.41. The van der Waals surface area contributed by atoms with Crippen LogP contribution in [0.15, 0.2) is 33.7 Å². The number of likely N-dealkylation sites (tertiary alicyclic amines) is 1. The van der Waals surface area contributed by atoms with E-state index in [0.29, 0.717) is 5.70 Å². The maximum Gasteiger partial charge on any atom is 0.119 e. The molecule has 1 saturated heterocycles. The van der Waals surface area contributed by atoms with Crippen LogP contribution in [0.25, 0.3) is 5.70 Å². The van der Waals surface area contributed by atoms with Crippen LogP contribution in [0.2, 0.25) is 0 Å². The minimum atomic E-state index is 0.672. The lowest BCUT2D eigenvalue weighted by Crippen LogP contribution is -2.33. The third-order valence-corrected chi connectivity index (χ3v) is 4.42. The molecule has 1 aromatic carbocycles. The van der Waals surface area contributed by atoms with E-state index in [1.807, 2.05) is 24.3 Å². The van der Waals surface area contributed by atoms with Crippen molar-refractivity contribution in [3.63, 3.8) is 0 Å². The van der Waals surface area contributed by atoms with Crippen LogP contribution in [-0.2, 0) is 0 Å². The van der Waals surface area contributed by atoms with Crippen LogP contribution >= 0.6 is 15.9 Å². The summed E-state index contributed by atoms with van der Waals surface area (Å²) in [5.74, 6) is 0.883. The molecule has 0 saturated carbocycles. The lowest BCUT2D eigenvalue weighted by molar-refractivity contribution is 0.183. The van der Waals surface area contributed by atoms with Gasteiger partial charge in [0.1, 0.15) is 12.4 Å². The van der Waals surface area contributed by atoms with E-state index in [0.717, 1.165) is 28.9 Å². The van der Waals surface area contributed by atoms with Gasteiger partial charge in [0.15, 0.2) is 0 Å². The number of rotatable bonds is 6. The number of halogens is 1. The first kappa shape index (κ1) is 17.0. The third-order valence-electron chi connectivity index (χ3n) is 3.79. The fraction of sp³-hybridized carbons (Fsp3) is 0.471. The second kappa shape index (κ2) is 8.96. The van der Waals surface area contributed by atoms with Crippen LogP contribution in [0.3, 0.4) is 0 Å². The first-order valence-electron chi connectivity index (χ1n) is 7.73. The number of aliphatic imine (C=N–C) groups is 1. The van der Waals surface area contributed by atoms with Gasteiger partial charge in [0.2, 0.25) is 0 Å². The Hall–Kier alpha value is -1.33. The second-order valence-electron chi connectivity index (χ2n) is 5.42. The van der Waals surface area contributed by atoms with E-state index in [-0.39, 0.29) is 0 Å². The number of nitrogens with two attached hydrogens (primary N) is 1. The fourth-order valence-corrected chi connectivity index (χ4v) is 2.96. The molecule has 1 heterocycles. The Balaban J connectivity index is 1.85. The lowest BCUT2D eigenvalue weighted by atomic mass is 10.1. The van der Waals surface area contributed by atoms with Gasteiger partial charge in [-0.05, 0) is 71.7 Å². The van der Waals surface area contributed by atoms with Gasteiger partial charge in [0.25, 0.3) is 0 Å². The van der Waals surface area contributed by atoms with Crippen LogP contribution in [-0.4, -0.2) is 44.4 Å². The molecule has 1 aromatic rings. The Bertz CT molecular complexity index is 519. The van der Waals surface area contributed by atoms with Gasteiger partial charge in [0, 0.05) is 19.8 Å². The highest BCUT2D eigenvalue weighted by atomic mass is 79.9. The Labute approximate surface area is 141 Å². The number of hydrogen-bond donors (Lipinski definition) is 1. The number of allylic oxidation sites excluding steroid dienone is 1. The summed E-state index contributed by atoms with van der Waals surface area (Å²) in [5, 5.41) is 0. The molecule has 22 heavy (non-hydrogen) atoms. The Morgan fingerprint density at radius 1 is 1.27 bits per heavy atom. The van der Waals surface area contributed by atoms with Crippen molar-refractivity contribution in [3.05, 3.63) is 34.3 Å². The van der Waals surface area contributed by atoms with E-state index < -0.39 is 0 Å². The topological polar surface area (TPSA) is 50.9 Å². The normalized spacial score (nSPS) is 17.5. The average molecular weight is 366 g/mol. The minimum Gasteiger partial charge on any atom is -0.492 e. The zero-order chi connectivity index (χ0) is 15.8. The number of piperidine rings is 1. The van der Waals surface area contributed by atoms with Crippen molar-refractivity contribution in [2.24, 2.45) is 10.7 Å². The van der Waals surface area contributed by atoms with Crippen molar-refractivity contribution in [2.75, 3.05) is 33.3 Å². The lowest BCUT2D eigenvalue weighted by Gasteiger charge is -2.26. The molecule has 5 heteroatoms. The van der Waals surface area contributed by atoms with Gasteiger partial charge in [-0.25, -0.2) is 0 Å². The van der Waals surface area contributed by atoms with E-state index in [1.165, 1.54) is 32.4 Å². The molecule has 0 aliphatic carbocycles. The molecule has 1 aliphatic heterocycles. The molecule has 0 radical (unpaired) electrons. The Morgan fingerprint density at radius 2 is 1.95 bits per heavy atom. The molecular formula is C17H24BrN3O. The first-order chi connectivity index (χ1) is 10.7. The Kier molecular flexibility index (Phi) is 6.93. The summed E-state index contributed by atoms with van der Waals surface area (Å²) in [6, 6.07) is 7.86. The summed E-state index contributed by atoms with van der Waals surface area (Å²) in [6.07, 6.45) is 5.69. The third kappa shape index (κ3) is 5.14. The van der Waals surface area contributed by atoms with E-state index >= 15 is 0 Å². The summed E-state index contributed by atoms with van der Waals surface area (Å²) < 4.78 is 6.60.